The zero-order valence-corrected chi connectivity index (χ0v) is 12.9. The minimum atomic E-state index is 0.305. The Morgan fingerprint density at radius 2 is 1.96 bits per heavy atom. The maximum Gasteiger partial charge on any atom is 0.215 e. The molecule has 2 aromatic carbocycles. The largest absolute Gasteiger partial charge is 0.464 e. The Hall–Kier alpha value is -2.82. The van der Waals surface area contributed by atoms with Gasteiger partial charge in [0, 0.05) is 29.2 Å². The van der Waals surface area contributed by atoms with E-state index in [0.29, 0.717) is 11.9 Å². The molecule has 0 saturated heterocycles. The molecule has 0 unspecified atom stereocenters. The van der Waals surface area contributed by atoms with Gasteiger partial charge in [-0.05, 0) is 37.0 Å². The summed E-state index contributed by atoms with van der Waals surface area (Å²) in [5, 5.41) is 1.95. The predicted octanol–water partition coefficient (Wildman–Crippen LogP) is 3.11. The molecule has 5 nitrogen and oxygen atoms in total. The van der Waals surface area contributed by atoms with Crippen LogP contribution in [-0.2, 0) is 0 Å². The third-order valence-electron chi connectivity index (χ3n) is 3.69. The molecular formula is C18H20N4O. The average molecular weight is 308 g/mol. The van der Waals surface area contributed by atoms with Gasteiger partial charge in [-0.15, -0.1) is 0 Å². The van der Waals surface area contributed by atoms with Crippen molar-refractivity contribution in [1.82, 2.24) is 0 Å². The fourth-order valence-corrected chi connectivity index (χ4v) is 2.23. The number of anilines is 1. The van der Waals surface area contributed by atoms with Crippen LogP contribution in [0.25, 0.3) is 10.8 Å². The van der Waals surface area contributed by atoms with Gasteiger partial charge in [0.05, 0.1) is 6.26 Å². The van der Waals surface area contributed by atoms with Gasteiger partial charge in [-0.1, -0.05) is 24.3 Å². The lowest BCUT2D eigenvalue weighted by Crippen LogP contribution is -2.09. The van der Waals surface area contributed by atoms with E-state index in [9.17, 15) is 0 Å². The molecular weight excluding hydrogens is 288 g/mol. The van der Waals surface area contributed by atoms with Crippen LogP contribution in [0.3, 0.4) is 0 Å². The maximum atomic E-state index is 5.97. The highest BCUT2D eigenvalue weighted by molar-refractivity contribution is 5.97. The summed E-state index contributed by atoms with van der Waals surface area (Å²) in [4.78, 5) is 8.25. The molecule has 0 bridgehead atoms. The number of nitrogens with zero attached hydrogens (tertiary/aromatic N) is 2. The Balaban J connectivity index is 1.61. The first kappa shape index (κ1) is 15.1. The van der Waals surface area contributed by atoms with Gasteiger partial charge in [-0.2, -0.15) is 0 Å². The number of nitrogen functional groups attached to an aromatic ring is 1. The number of allylic oxidation sites excluding steroid dienone is 1. The van der Waals surface area contributed by atoms with Crippen LogP contribution in [0.5, 0.6) is 5.75 Å². The number of rotatable bonds is 5. The topological polar surface area (TPSA) is 86.0 Å². The third kappa shape index (κ3) is 4.10. The number of aliphatic imine (C=N–C) groups is 2. The van der Waals surface area contributed by atoms with E-state index in [1.54, 1.807) is 18.6 Å². The summed E-state index contributed by atoms with van der Waals surface area (Å²) < 4.78 is 5.66. The van der Waals surface area contributed by atoms with E-state index >= 15 is 0 Å². The van der Waals surface area contributed by atoms with Crippen molar-refractivity contribution in [2.45, 2.75) is 12.8 Å². The lowest BCUT2D eigenvalue weighted by molar-refractivity contribution is 0.488. The van der Waals surface area contributed by atoms with Crippen molar-refractivity contribution in [2.24, 2.45) is 21.6 Å². The van der Waals surface area contributed by atoms with Crippen molar-refractivity contribution in [3.8, 4) is 5.75 Å². The van der Waals surface area contributed by atoms with Crippen LogP contribution >= 0.6 is 0 Å². The number of guanidine groups is 1. The van der Waals surface area contributed by atoms with Crippen molar-refractivity contribution < 1.29 is 4.74 Å². The summed E-state index contributed by atoms with van der Waals surface area (Å²) >= 11 is 0. The van der Waals surface area contributed by atoms with Gasteiger partial charge >= 0.3 is 0 Å². The van der Waals surface area contributed by atoms with Crippen LogP contribution in [0.1, 0.15) is 12.8 Å². The number of nitrogens with two attached hydrogens (primary N) is 2. The minimum absolute atomic E-state index is 0.305. The van der Waals surface area contributed by atoms with Crippen LogP contribution in [0, 0.1) is 5.92 Å². The van der Waals surface area contributed by atoms with Gasteiger partial charge in [-0.25, -0.2) is 4.99 Å². The second-order valence-corrected chi connectivity index (χ2v) is 5.57. The predicted molar refractivity (Wildman–Crippen MR) is 95.8 cm³/mol. The van der Waals surface area contributed by atoms with E-state index in [0.717, 1.165) is 28.8 Å². The number of benzene rings is 2. The molecule has 0 heterocycles. The molecule has 1 saturated carbocycles. The molecule has 0 atom stereocenters. The first-order valence-electron chi connectivity index (χ1n) is 7.67. The van der Waals surface area contributed by atoms with Gasteiger partial charge in [0.25, 0.3) is 0 Å². The number of hydrogen-bond donors (Lipinski definition) is 2. The Bertz CT molecular complexity index is 776. The molecule has 0 spiro atoms. The minimum Gasteiger partial charge on any atom is -0.464 e. The van der Waals surface area contributed by atoms with Crippen molar-refractivity contribution in [3.63, 3.8) is 0 Å². The molecule has 2 aromatic rings. The summed E-state index contributed by atoms with van der Waals surface area (Å²) in [5.74, 6) is 1.76. The van der Waals surface area contributed by atoms with E-state index in [4.69, 9.17) is 16.2 Å². The molecule has 1 aliphatic rings. The first-order valence-corrected chi connectivity index (χ1v) is 7.67. The Morgan fingerprint density at radius 1 is 1.17 bits per heavy atom. The second kappa shape index (κ2) is 6.96. The normalized spacial score (nSPS) is 15.7. The lowest BCUT2D eigenvalue weighted by atomic mass is 10.1. The fraction of sp³-hybridized carbons (Fsp3) is 0.222. The molecule has 5 heteroatoms. The maximum absolute atomic E-state index is 5.97. The van der Waals surface area contributed by atoms with Gasteiger partial charge in [0.15, 0.2) is 0 Å². The first-order chi connectivity index (χ1) is 11.2. The monoisotopic (exact) mass is 308 g/mol. The van der Waals surface area contributed by atoms with Gasteiger partial charge in [-0.3, -0.25) is 4.99 Å². The molecule has 1 aliphatic carbocycles. The van der Waals surface area contributed by atoms with Crippen molar-refractivity contribution in [1.29, 1.82) is 0 Å². The molecule has 23 heavy (non-hydrogen) atoms. The molecule has 1 fully saturated rings. The number of fused-ring (bicyclic) bond motifs is 1. The Labute approximate surface area is 135 Å². The lowest BCUT2D eigenvalue weighted by Gasteiger charge is -2.07. The van der Waals surface area contributed by atoms with Crippen LogP contribution < -0.4 is 16.2 Å². The van der Waals surface area contributed by atoms with Crippen LogP contribution in [-0.4, -0.2) is 18.7 Å². The van der Waals surface area contributed by atoms with Crippen molar-refractivity contribution in [2.75, 3.05) is 12.3 Å². The smallest absolute Gasteiger partial charge is 0.215 e. The molecule has 0 aromatic heterocycles. The fourth-order valence-electron chi connectivity index (χ4n) is 2.23. The van der Waals surface area contributed by atoms with Gasteiger partial charge in [0.1, 0.15) is 5.75 Å². The van der Waals surface area contributed by atoms with Crippen molar-refractivity contribution >= 4 is 28.6 Å². The van der Waals surface area contributed by atoms with Crippen LogP contribution in [0.2, 0.25) is 0 Å². The van der Waals surface area contributed by atoms with Crippen LogP contribution in [0.15, 0.2) is 58.7 Å². The Morgan fingerprint density at radius 3 is 2.74 bits per heavy atom. The highest BCUT2D eigenvalue weighted by Crippen LogP contribution is 2.30. The average Bonchev–Trinajstić information content (AvgIpc) is 3.39. The quantitative estimate of drug-likeness (QED) is 0.385. The number of ether oxygens (including phenoxy) is 1. The van der Waals surface area contributed by atoms with E-state index in [1.807, 2.05) is 36.4 Å². The van der Waals surface area contributed by atoms with E-state index < -0.39 is 0 Å². The zero-order chi connectivity index (χ0) is 16.1. The van der Waals surface area contributed by atoms with Crippen LogP contribution in [0.4, 0.5) is 5.69 Å². The molecule has 0 amide bonds. The molecule has 3 rings (SSSR count). The molecule has 118 valence electrons. The van der Waals surface area contributed by atoms with Gasteiger partial charge in [0.2, 0.25) is 5.96 Å². The van der Waals surface area contributed by atoms with E-state index in [1.165, 1.54) is 12.8 Å². The summed E-state index contributed by atoms with van der Waals surface area (Å²) in [6.45, 7) is 0.779. The zero-order valence-electron chi connectivity index (χ0n) is 12.9. The number of hydrogen-bond acceptors (Lipinski definition) is 3. The van der Waals surface area contributed by atoms with Gasteiger partial charge < -0.3 is 16.2 Å². The van der Waals surface area contributed by atoms with E-state index in [2.05, 4.69) is 9.98 Å². The van der Waals surface area contributed by atoms with E-state index in [-0.39, 0.29) is 0 Å². The highest BCUT2D eigenvalue weighted by Gasteiger charge is 2.20. The standard InChI is InChI=1S/C18H20N4O/c19-16-8-9-17(15-5-2-1-4-14(15)16)23-11-3-10-21-18(20)22-12-13-6-7-13/h1-5,8-11,13H,6-7,12,19H2,(H2,20,22)/b11-3+,21-10-. The summed E-state index contributed by atoms with van der Waals surface area (Å²) in [6.07, 6.45) is 7.33. The SMILES string of the molecule is NC(=NCC1CC1)/N=C\C=C\Oc1ccc(N)c2ccccc12. The summed E-state index contributed by atoms with van der Waals surface area (Å²) in [5.41, 5.74) is 12.4. The summed E-state index contributed by atoms with van der Waals surface area (Å²) in [7, 11) is 0. The Kier molecular flexibility index (Phi) is 4.57. The summed E-state index contributed by atoms with van der Waals surface area (Å²) in [6, 6.07) is 11.5. The molecule has 0 aliphatic heterocycles. The highest BCUT2D eigenvalue weighted by atomic mass is 16.5. The molecule has 4 N–H and O–H groups in total. The second-order valence-electron chi connectivity index (χ2n) is 5.57. The van der Waals surface area contributed by atoms with Crippen molar-refractivity contribution in [3.05, 3.63) is 48.7 Å². The molecule has 0 radical (unpaired) electrons. The third-order valence-corrected chi connectivity index (χ3v) is 3.69.